The molecular weight excluding hydrogens is 210 g/mol. The summed E-state index contributed by atoms with van der Waals surface area (Å²) in [6, 6.07) is 10.9. The maximum Gasteiger partial charge on any atom is 0.323 e. The molecule has 0 fully saturated rings. The summed E-state index contributed by atoms with van der Waals surface area (Å²) in [4.78, 5) is 0.295. The highest BCUT2D eigenvalue weighted by molar-refractivity contribution is 7.84. The molecule has 0 aromatic heterocycles. The van der Waals surface area contributed by atoms with Gasteiger partial charge < -0.3 is 0 Å². The van der Waals surface area contributed by atoms with Gasteiger partial charge in [-0.15, -0.1) is 0 Å². The highest BCUT2D eigenvalue weighted by Crippen LogP contribution is 2.23. The average Bonchev–Trinajstić information content (AvgIpc) is 2.16. The Morgan fingerprint density at radius 3 is 2.27 bits per heavy atom. The lowest BCUT2D eigenvalue weighted by molar-refractivity contribution is -0.164. The lowest BCUT2D eigenvalue weighted by Gasteiger charge is -2.04. The van der Waals surface area contributed by atoms with Crippen LogP contribution in [0.4, 0.5) is 0 Å². The minimum absolute atomic E-state index is 0.295. The molecule has 3 nitrogen and oxygen atoms in total. The Bertz CT molecular complexity index is 618. The second-order valence-corrected chi connectivity index (χ2v) is 5.21. The number of hydrogen-bond donors (Lipinski definition) is 1. The van der Waals surface area contributed by atoms with E-state index < -0.39 is 10.0 Å². The van der Waals surface area contributed by atoms with E-state index >= 15 is 0 Å². The van der Waals surface area contributed by atoms with E-state index in [-0.39, 0.29) is 0 Å². The van der Waals surface area contributed by atoms with Gasteiger partial charge in [0.25, 0.3) is 0 Å². The van der Waals surface area contributed by atoms with Gasteiger partial charge in [-0.3, -0.25) is 0 Å². The average molecular weight is 222 g/mol. The maximum absolute atomic E-state index is 11.4. The Kier molecular flexibility index (Phi) is 2.25. The number of benzene rings is 2. The first-order valence-electron chi connectivity index (χ1n) is 4.56. The summed E-state index contributed by atoms with van der Waals surface area (Å²) >= 11 is 0. The van der Waals surface area contributed by atoms with Gasteiger partial charge in [0.05, 0.1) is 0 Å². The van der Waals surface area contributed by atoms with E-state index in [9.17, 15) is 8.42 Å². The fourth-order valence-electron chi connectivity index (χ4n) is 1.71. The van der Waals surface area contributed by atoms with Crippen LogP contribution in [0, 0.1) is 6.92 Å². The first kappa shape index (κ1) is 10.1. The van der Waals surface area contributed by atoms with Crippen LogP contribution < -0.4 is 5.14 Å². The smallest absolute Gasteiger partial charge is 0.248 e. The topological polar surface area (TPSA) is 61.8 Å². The number of sulfonamides is 1. The molecular formula is C11H12NO2S+. The molecule has 0 aliphatic rings. The largest absolute Gasteiger partial charge is 0.323 e. The van der Waals surface area contributed by atoms with Crippen LogP contribution in [0.3, 0.4) is 0 Å². The Hall–Kier alpha value is -1.39. The van der Waals surface area contributed by atoms with Crippen LogP contribution in [0.2, 0.25) is 0 Å². The monoisotopic (exact) mass is 222 g/mol. The van der Waals surface area contributed by atoms with Crippen LogP contribution in [0.25, 0.3) is 10.8 Å². The standard InChI is InChI=1S/C11H11NO2S/c1-8-4-2-6-10-9(8)5-3-7-11(10)15(12,13)14/h2-7H,1H3,(H2,12,13,14)/p+1. The van der Waals surface area contributed by atoms with Crippen LogP contribution >= 0.6 is 0 Å². The number of fused-ring (bicyclic) bond motifs is 1. The Morgan fingerprint density at radius 2 is 1.60 bits per heavy atom. The minimum Gasteiger partial charge on any atom is -0.248 e. The summed E-state index contributed by atoms with van der Waals surface area (Å²) in [6.45, 7) is 1.96. The van der Waals surface area contributed by atoms with Gasteiger partial charge in [0.15, 0.2) is 0 Å². The molecule has 0 saturated carbocycles. The molecule has 2 aromatic rings. The Morgan fingerprint density at radius 1 is 1.00 bits per heavy atom. The van der Waals surface area contributed by atoms with E-state index in [4.69, 9.17) is 0 Å². The van der Waals surface area contributed by atoms with Crippen molar-refractivity contribution in [2.24, 2.45) is 0 Å². The molecule has 4 heteroatoms. The molecule has 0 bridgehead atoms. The third-order valence-electron chi connectivity index (χ3n) is 2.44. The van der Waals surface area contributed by atoms with E-state index in [2.05, 4.69) is 5.14 Å². The lowest BCUT2D eigenvalue weighted by atomic mass is 10.1. The van der Waals surface area contributed by atoms with Crippen LogP contribution in [-0.2, 0) is 10.0 Å². The highest BCUT2D eigenvalue weighted by atomic mass is 32.2. The third kappa shape index (κ3) is 1.73. The fraction of sp³-hybridized carbons (Fsp3) is 0.0909. The van der Waals surface area contributed by atoms with Gasteiger partial charge in [0, 0.05) is 5.39 Å². The lowest BCUT2D eigenvalue weighted by Crippen LogP contribution is -2.56. The zero-order chi connectivity index (χ0) is 11.1. The van der Waals surface area contributed by atoms with E-state index in [1.54, 1.807) is 18.2 Å². The summed E-state index contributed by atoms with van der Waals surface area (Å²) in [5.74, 6) is 0. The number of quaternary nitrogens is 1. The van der Waals surface area contributed by atoms with Crippen LogP contribution in [-0.4, -0.2) is 8.42 Å². The molecule has 0 heterocycles. The molecule has 0 unspecified atom stereocenters. The summed E-state index contributed by atoms with van der Waals surface area (Å²) in [5.41, 5.74) is 1.07. The zero-order valence-electron chi connectivity index (χ0n) is 8.40. The summed E-state index contributed by atoms with van der Waals surface area (Å²) in [6.07, 6.45) is 0. The van der Waals surface area contributed by atoms with Crippen molar-refractivity contribution in [3.05, 3.63) is 42.0 Å². The predicted octanol–water partition coefficient (Wildman–Crippen LogP) is 1.08. The van der Waals surface area contributed by atoms with Crippen molar-refractivity contribution in [2.45, 2.75) is 11.8 Å². The minimum atomic E-state index is -3.40. The van der Waals surface area contributed by atoms with Crippen LogP contribution in [0.15, 0.2) is 41.3 Å². The molecule has 0 aliphatic carbocycles. The van der Waals surface area contributed by atoms with Crippen LogP contribution in [0.5, 0.6) is 0 Å². The molecule has 15 heavy (non-hydrogen) atoms. The number of aryl methyl sites for hydroxylation is 1. The van der Waals surface area contributed by atoms with Crippen molar-refractivity contribution >= 4 is 20.8 Å². The molecule has 0 radical (unpaired) electrons. The van der Waals surface area contributed by atoms with Gasteiger partial charge in [-0.2, -0.15) is 8.42 Å². The summed E-state index contributed by atoms with van der Waals surface area (Å²) < 4.78 is 22.9. The molecule has 0 saturated heterocycles. The van der Waals surface area contributed by atoms with Gasteiger partial charge in [-0.05, 0) is 23.9 Å². The van der Waals surface area contributed by atoms with E-state index in [0.717, 1.165) is 16.3 Å². The molecule has 3 N–H and O–H groups in total. The van der Waals surface area contributed by atoms with Gasteiger partial charge in [0.1, 0.15) is 4.90 Å². The second kappa shape index (κ2) is 3.32. The molecule has 0 amide bonds. The molecule has 2 aromatic carbocycles. The van der Waals surface area contributed by atoms with Crippen molar-refractivity contribution in [3.63, 3.8) is 0 Å². The van der Waals surface area contributed by atoms with Crippen molar-refractivity contribution in [3.8, 4) is 0 Å². The van der Waals surface area contributed by atoms with Crippen molar-refractivity contribution in [1.82, 2.24) is 0 Å². The summed E-state index contributed by atoms with van der Waals surface area (Å²) in [7, 11) is -3.40. The van der Waals surface area contributed by atoms with Gasteiger partial charge in [-0.1, -0.05) is 30.3 Å². The van der Waals surface area contributed by atoms with Crippen LogP contribution in [0.1, 0.15) is 5.56 Å². The molecule has 0 atom stereocenters. The van der Waals surface area contributed by atoms with Gasteiger partial charge in [0.2, 0.25) is 0 Å². The Balaban J connectivity index is 2.96. The first-order chi connectivity index (χ1) is 7.00. The second-order valence-electron chi connectivity index (χ2n) is 3.54. The molecule has 2 rings (SSSR count). The number of rotatable bonds is 1. The SMILES string of the molecule is Cc1cccc2c(S([NH3+])(=O)=O)cccc12. The predicted molar refractivity (Wildman–Crippen MR) is 58.8 cm³/mol. The first-order valence-corrected chi connectivity index (χ1v) is 6.22. The Labute approximate surface area is 88.6 Å². The zero-order valence-corrected chi connectivity index (χ0v) is 9.21. The molecule has 78 valence electrons. The maximum atomic E-state index is 11.4. The highest BCUT2D eigenvalue weighted by Gasteiger charge is 2.15. The quantitative estimate of drug-likeness (QED) is 0.784. The third-order valence-corrected chi connectivity index (χ3v) is 3.46. The van der Waals surface area contributed by atoms with E-state index in [0.29, 0.717) is 4.90 Å². The molecule has 0 spiro atoms. The molecule has 0 aliphatic heterocycles. The summed E-state index contributed by atoms with van der Waals surface area (Å²) in [5, 5.41) is 4.90. The van der Waals surface area contributed by atoms with Crippen molar-refractivity contribution < 1.29 is 13.6 Å². The fourth-order valence-corrected chi connectivity index (χ4v) is 2.51. The van der Waals surface area contributed by atoms with Gasteiger partial charge in [-0.25, -0.2) is 5.14 Å². The van der Waals surface area contributed by atoms with Gasteiger partial charge >= 0.3 is 10.0 Å². The van der Waals surface area contributed by atoms with E-state index in [1.165, 1.54) is 0 Å². The van der Waals surface area contributed by atoms with Crippen molar-refractivity contribution in [1.29, 1.82) is 0 Å². The normalized spacial score (nSPS) is 11.9. The van der Waals surface area contributed by atoms with Crippen molar-refractivity contribution in [2.75, 3.05) is 0 Å². The van der Waals surface area contributed by atoms with E-state index in [1.807, 2.05) is 25.1 Å². The number of hydrogen-bond acceptors (Lipinski definition) is 2.